The molecule has 1 aliphatic rings. The van der Waals surface area contributed by atoms with Crippen molar-refractivity contribution in [1.82, 2.24) is 9.62 Å². The molecule has 0 atom stereocenters. The minimum absolute atomic E-state index is 0.697. The van der Waals surface area contributed by atoms with Crippen molar-refractivity contribution in [3.05, 3.63) is 12.2 Å². The molecule has 1 heterocycles. The van der Waals surface area contributed by atoms with Crippen LogP contribution in [0.5, 0.6) is 0 Å². The SMILES string of the molecule is C=C1CB(N(CC)CC)B(N(CC)CC)C1. The van der Waals surface area contributed by atoms with Crippen LogP contribution in [0.25, 0.3) is 0 Å². The van der Waals surface area contributed by atoms with Gasteiger partial charge in [-0.05, 0) is 38.8 Å². The van der Waals surface area contributed by atoms with Gasteiger partial charge in [0.15, 0.2) is 0 Å². The van der Waals surface area contributed by atoms with Crippen LogP contribution in [0, 0.1) is 0 Å². The second-order valence-corrected chi connectivity index (χ2v) is 4.74. The molecule has 1 saturated heterocycles. The topological polar surface area (TPSA) is 6.48 Å². The molecule has 1 aliphatic heterocycles. The van der Waals surface area contributed by atoms with E-state index >= 15 is 0 Å². The van der Waals surface area contributed by atoms with Crippen LogP contribution in [0.4, 0.5) is 0 Å². The zero-order valence-corrected chi connectivity index (χ0v) is 11.5. The van der Waals surface area contributed by atoms with Gasteiger partial charge in [-0.3, -0.25) is 0 Å². The Morgan fingerprint density at radius 3 is 1.44 bits per heavy atom. The average Bonchev–Trinajstić information content (AvgIpc) is 2.64. The molecule has 0 amide bonds. The average molecular weight is 220 g/mol. The molecule has 0 aromatic rings. The van der Waals surface area contributed by atoms with Crippen LogP contribution in [-0.4, -0.2) is 49.3 Å². The van der Waals surface area contributed by atoms with Gasteiger partial charge in [-0.25, -0.2) is 0 Å². The fourth-order valence-electron chi connectivity index (χ4n) is 3.08. The summed E-state index contributed by atoms with van der Waals surface area (Å²) in [4.78, 5) is 5.20. The van der Waals surface area contributed by atoms with Gasteiger partial charge in [-0.1, -0.05) is 33.3 Å². The van der Waals surface area contributed by atoms with Crippen LogP contribution in [0.1, 0.15) is 27.7 Å². The fourth-order valence-corrected chi connectivity index (χ4v) is 3.08. The van der Waals surface area contributed by atoms with Gasteiger partial charge in [0.1, 0.15) is 0 Å². The first-order valence-electron chi connectivity index (χ1n) is 6.82. The maximum atomic E-state index is 4.20. The lowest BCUT2D eigenvalue weighted by molar-refractivity contribution is 0.466. The first kappa shape index (κ1) is 13.9. The van der Waals surface area contributed by atoms with Crippen molar-refractivity contribution >= 4 is 13.5 Å². The third-order valence-electron chi connectivity index (χ3n) is 4.00. The van der Waals surface area contributed by atoms with Crippen molar-refractivity contribution in [2.45, 2.75) is 40.3 Å². The highest BCUT2D eigenvalue weighted by atomic mass is 15.1. The Bertz CT molecular complexity index is 203. The van der Waals surface area contributed by atoms with Crippen LogP contribution in [0.15, 0.2) is 12.2 Å². The van der Waals surface area contributed by atoms with Crippen LogP contribution in [0.2, 0.25) is 12.6 Å². The molecule has 16 heavy (non-hydrogen) atoms. The lowest BCUT2D eigenvalue weighted by atomic mass is 9.21. The van der Waals surface area contributed by atoms with Gasteiger partial charge in [-0.15, -0.1) is 6.58 Å². The van der Waals surface area contributed by atoms with Crippen molar-refractivity contribution in [3.8, 4) is 0 Å². The molecule has 1 rings (SSSR count). The number of rotatable bonds is 6. The smallest absolute Gasteiger partial charge is 0.212 e. The second kappa shape index (κ2) is 6.51. The summed E-state index contributed by atoms with van der Waals surface area (Å²) in [5.41, 5.74) is 1.44. The fraction of sp³-hybridized carbons (Fsp3) is 0.833. The normalized spacial score (nSPS) is 17.0. The maximum absolute atomic E-state index is 4.20. The first-order valence-corrected chi connectivity index (χ1v) is 6.82. The van der Waals surface area contributed by atoms with E-state index in [-0.39, 0.29) is 0 Å². The molecule has 0 saturated carbocycles. The van der Waals surface area contributed by atoms with Crippen molar-refractivity contribution in [2.75, 3.05) is 26.2 Å². The van der Waals surface area contributed by atoms with Crippen molar-refractivity contribution < 1.29 is 0 Å². The lowest BCUT2D eigenvalue weighted by Gasteiger charge is -2.32. The number of hydrogen-bond donors (Lipinski definition) is 0. The predicted octanol–water partition coefficient (Wildman–Crippen LogP) is 2.30. The summed E-state index contributed by atoms with van der Waals surface area (Å²) >= 11 is 0. The van der Waals surface area contributed by atoms with E-state index in [0.29, 0.717) is 13.5 Å². The molecule has 0 unspecified atom stereocenters. The minimum Gasteiger partial charge on any atom is -0.347 e. The van der Waals surface area contributed by atoms with Crippen LogP contribution >= 0.6 is 0 Å². The van der Waals surface area contributed by atoms with Gasteiger partial charge >= 0.3 is 0 Å². The Hall–Kier alpha value is -0.210. The first-order chi connectivity index (χ1) is 7.67. The zero-order chi connectivity index (χ0) is 12.1. The molecule has 90 valence electrons. The summed E-state index contributed by atoms with van der Waals surface area (Å²) < 4.78 is 0. The lowest BCUT2D eigenvalue weighted by Crippen LogP contribution is -2.55. The van der Waals surface area contributed by atoms with E-state index < -0.39 is 0 Å². The van der Waals surface area contributed by atoms with Gasteiger partial charge in [0.25, 0.3) is 0 Å². The molecular weight excluding hydrogens is 194 g/mol. The Morgan fingerprint density at radius 2 is 1.19 bits per heavy atom. The van der Waals surface area contributed by atoms with E-state index in [4.69, 9.17) is 0 Å². The molecular formula is C12H26B2N2. The number of nitrogens with zero attached hydrogens (tertiary/aromatic N) is 2. The van der Waals surface area contributed by atoms with E-state index in [1.807, 2.05) is 0 Å². The van der Waals surface area contributed by atoms with Crippen molar-refractivity contribution in [3.63, 3.8) is 0 Å². The highest BCUT2D eigenvalue weighted by Crippen LogP contribution is 2.27. The highest BCUT2D eigenvalue weighted by molar-refractivity contribution is 7.21. The molecule has 0 aromatic heterocycles. The van der Waals surface area contributed by atoms with Crippen LogP contribution in [0.3, 0.4) is 0 Å². The number of hydrogen-bond acceptors (Lipinski definition) is 2. The summed E-state index contributed by atoms with van der Waals surface area (Å²) in [7, 11) is 0. The van der Waals surface area contributed by atoms with E-state index in [0.717, 1.165) is 26.2 Å². The third kappa shape index (κ3) is 2.92. The van der Waals surface area contributed by atoms with Gasteiger partial charge in [0.2, 0.25) is 13.5 Å². The van der Waals surface area contributed by atoms with E-state index in [1.165, 1.54) is 18.2 Å². The summed E-state index contributed by atoms with van der Waals surface area (Å²) in [5, 5.41) is 0. The third-order valence-corrected chi connectivity index (χ3v) is 4.00. The molecule has 1 fully saturated rings. The zero-order valence-electron chi connectivity index (χ0n) is 11.5. The quantitative estimate of drug-likeness (QED) is 0.500. The number of allylic oxidation sites excluding steroid dienone is 1. The predicted molar refractivity (Wildman–Crippen MR) is 76.1 cm³/mol. The maximum Gasteiger partial charge on any atom is 0.212 e. The molecule has 2 nitrogen and oxygen atoms in total. The van der Waals surface area contributed by atoms with Crippen LogP contribution < -0.4 is 0 Å². The molecule has 0 aliphatic carbocycles. The van der Waals surface area contributed by atoms with E-state index in [1.54, 1.807) is 0 Å². The van der Waals surface area contributed by atoms with Gasteiger partial charge in [0.05, 0.1) is 0 Å². The van der Waals surface area contributed by atoms with E-state index in [9.17, 15) is 0 Å². The van der Waals surface area contributed by atoms with Gasteiger partial charge in [0, 0.05) is 0 Å². The van der Waals surface area contributed by atoms with E-state index in [2.05, 4.69) is 43.9 Å². The molecule has 0 radical (unpaired) electrons. The second-order valence-electron chi connectivity index (χ2n) is 4.74. The highest BCUT2D eigenvalue weighted by Gasteiger charge is 2.42. The molecule has 4 heteroatoms. The van der Waals surface area contributed by atoms with Crippen molar-refractivity contribution in [1.29, 1.82) is 0 Å². The summed E-state index contributed by atoms with van der Waals surface area (Å²) in [6.45, 7) is 19.3. The van der Waals surface area contributed by atoms with Gasteiger partial charge in [-0.2, -0.15) is 0 Å². The summed E-state index contributed by atoms with van der Waals surface area (Å²) in [6.07, 6.45) is 2.39. The Kier molecular flexibility index (Phi) is 5.63. The Morgan fingerprint density at radius 1 is 0.875 bits per heavy atom. The monoisotopic (exact) mass is 220 g/mol. The molecule has 0 N–H and O–H groups in total. The molecule has 0 aromatic carbocycles. The molecule has 0 bridgehead atoms. The molecule has 0 spiro atoms. The largest absolute Gasteiger partial charge is 0.347 e. The minimum atomic E-state index is 0.697. The standard InChI is InChI=1S/C12H26B2N2/c1-6-15(7-2)13-10-12(5)11-14(13)16(8-3)9-4/h5-11H2,1-4H3. The summed E-state index contributed by atoms with van der Waals surface area (Å²) in [5.74, 6) is 0. The van der Waals surface area contributed by atoms with Crippen LogP contribution in [-0.2, 0) is 0 Å². The Balaban J connectivity index is 2.75. The van der Waals surface area contributed by atoms with Crippen molar-refractivity contribution in [2.24, 2.45) is 0 Å². The van der Waals surface area contributed by atoms with Gasteiger partial charge < -0.3 is 9.62 Å². The Labute approximate surface area is 102 Å². The summed E-state index contributed by atoms with van der Waals surface area (Å²) in [6, 6.07) is 0.